The molecular formula is C13H19ClN2O. The van der Waals surface area contributed by atoms with Gasteiger partial charge in [-0.05, 0) is 30.5 Å². The van der Waals surface area contributed by atoms with E-state index in [9.17, 15) is 4.79 Å². The highest BCUT2D eigenvalue weighted by Crippen LogP contribution is 2.17. The summed E-state index contributed by atoms with van der Waals surface area (Å²) in [6.45, 7) is 4.52. The summed E-state index contributed by atoms with van der Waals surface area (Å²) in [5.74, 6) is 0.270. The number of hydrogen-bond acceptors (Lipinski definition) is 2. The topological polar surface area (TPSA) is 55.1 Å². The number of benzene rings is 1. The van der Waals surface area contributed by atoms with Crippen molar-refractivity contribution >= 4 is 23.2 Å². The predicted molar refractivity (Wildman–Crippen MR) is 72.1 cm³/mol. The van der Waals surface area contributed by atoms with E-state index in [1.54, 1.807) is 18.2 Å². The molecule has 1 aromatic rings. The van der Waals surface area contributed by atoms with Gasteiger partial charge in [-0.2, -0.15) is 0 Å². The fourth-order valence-electron chi connectivity index (χ4n) is 1.69. The maximum Gasteiger partial charge on any atom is 0.228 e. The van der Waals surface area contributed by atoms with Crippen molar-refractivity contribution in [2.24, 2.45) is 17.6 Å². The molecule has 4 heteroatoms. The second-order valence-corrected chi connectivity index (χ2v) is 5.00. The molecule has 1 unspecified atom stereocenters. The molecule has 1 rings (SSSR count). The fraction of sp³-hybridized carbons (Fsp3) is 0.462. The Balaban J connectivity index is 2.64. The van der Waals surface area contributed by atoms with Gasteiger partial charge < -0.3 is 11.1 Å². The minimum absolute atomic E-state index is 0.0385. The number of rotatable bonds is 5. The van der Waals surface area contributed by atoms with E-state index >= 15 is 0 Å². The van der Waals surface area contributed by atoms with Gasteiger partial charge in [0.2, 0.25) is 5.91 Å². The van der Waals surface area contributed by atoms with Crippen LogP contribution < -0.4 is 11.1 Å². The number of carbonyl (C=O) groups excluding carboxylic acids is 1. The zero-order valence-electron chi connectivity index (χ0n) is 10.2. The summed E-state index contributed by atoms with van der Waals surface area (Å²) >= 11 is 5.85. The van der Waals surface area contributed by atoms with Crippen molar-refractivity contribution < 1.29 is 4.79 Å². The first-order chi connectivity index (χ1) is 8.02. The summed E-state index contributed by atoms with van der Waals surface area (Å²) < 4.78 is 0. The van der Waals surface area contributed by atoms with E-state index in [1.807, 2.05) is 6.07 Å². The van der Waals surface area contributed by atoms with Gasteiger partial charge in [0.05, 0.1) is 5.92 Å². The van der Waals surface area contributed by atoms with E-state index in [4.69, 9.17) is 17.3 Å². The normalized spacial score (nSPS) is 12.5. The Morgan fingerprint density at radius 2 is 2.18 bits per heavy atom. The summed E-state index contributed by atoms with van der Waals surface area (Å²) in [5.41, 5.74) is 6.33. The Morgan fingerprint density at radius 1 is 1.47 bits per heavy atom. The summed E-state index contributed by atoms with van der Waals surface area (Å²) in [6.07, 6.45) is 0.795. The molecule has 0 aliphatic heterocycles. The van der Waals surface area contributed by atoms with Crippen LogP contribution in [0.1, 0.15) is 20.3 Å². The first kappa shape index (κ1) is 14.0. The van der Waals surface area contributed by atoms with E-state index in [-0.39, 0.29) is 11.8 Å². The van der Waals surface area contributed by atoms with Crippen LogP contribution in [0.4, 0.5) is 5.69 Å². The third kappa shape index (κ3) is 4.75. The first-order valence-corrected chi connectivity index (χ1v) is 6.17. The monoisotopic (exact) mass is 254 g/mol. The van der Waals surface area contributed by atoms with Gasteiger partial charge in [-0.1, -0.05) is 31.5 Å². The average Bonchev–Trinajstić information content (AvgIpc) is 2.25. The lowest BCUT2D eigenvalue weighted by molar-refractivity contribution is -0.120. The van der Waals surface area contributed by atoms with Gasteiger partial charge in [-0.25, -0.2) is 0 Å². The van der Waals surface area contributed by atoms with E-state index in [0.717, 1.165) is 6.42 Å². The second kappa shape index (κ2) is 6.62. The molecule has 1 aromatic carbocycles. The molecule has 0 aromatic heterocycles. The molecule has 3 nitrogen and oxygen atoms in total. The van der Waals surface area contributed by atoms with E-state index in [0.29, 0.717) is 23.2 Å². The molecule has 1 amide bonds. The molecule has 0 heterocycles. The van der Waals surface area contributed by atoms with E-state index < -0.39 is 0 Å². The third-order valence-electron chi connectivity index (χ3n) is 2.50. The van der Waals surface area contributed by atoms with Crippen molar-refractivity contribution in [2.45, 2.75) is 20.3 Å². The maximum absolute atomic E-state index is 12.0. The van der Waals surface area contributed by atoms with Crippen LogP contribution in [0.2, 0.25) is 5.02 Å². The van der Waals surface area contributed by atoms with Crippen molar-refractivity contribution in [3.63, 3.8) is 0 Å². The van der Waals surface area contributed by atoms with Gasteiger partial charge in [-0.3, -0.25) is 4.79 Å². The highest BCUT2D eigenvalue weighted by atomic mass is 35.5. The lowest BCUT2D eigenvalue weighted by Gasteiger charge is -2.16. The van der Waals surface area contributed by atoms with Gasteiger partial charge in [0, 0.05) is 17.3 Å². The molecular weight excluding hydrogens is 236 g/mol. The predicted octanol–water partition coefficient (Wildman–Crippen LogP) is 2.90. The maximum atomic E-state index is 12.0. The molecule has 0 radical (unpaired) electrons. The van der Waals surface area contributed by atoms with E-state index in [2.05, 4.69) is 19.2 Å². The molecule has 1 atom stereocenters. The smallest absolute Gasteiger partial charge is 0.228 e. The molecule has 0 fully saturated rings. The van der Waals surface area contributed by atoms with Crippen molar-refractivity contribution in [3.8, 4) is 0 Å². The largest absolute Gasteiger partial charge is 0.330 e. The van der Waals surface area contributed by atoms with Crippen LogP contribution in [-0.4, -0.2) is 12.5 Å². The molecule has 0 spiro atoms. The van der Waals surface area contributed by atoms with Crippen molar-refractivity contribution in [3.05, 3.63) is 29.3 Å². The van der Waals surface area contributed by atoms with Crippen molar-refractivity contribution in [1.82, 2.24) is 0 Å². The zero-order valence-corrected chi connectivity index (χ0v) is 11.0. The highest BCUT2D eigenvalue weighted by molar-refractivity contribution is 6.30. The number of anilines is 1. The number of nitrogens with two attached hydrogens (primary N) is 1. The van der Waals surface area contributed by atoms with Crippen LogP contribution in [0.5, 0.6) is 0 Å². The Hall–Kier alpha value is -1.06. The number of carbonyl (C=O) groups is 1. The van der Waals surface area contributed by atoms with Crippen LogP contribution >= 0.6 is 11.6 Å². The van der Waals surface area contributed by atoms with Crippen LogP contribution in [0.15, 0.2) is 24.3 Å². The Bertz CT molecular complexity index is 379. The van der Waals surface area contributed by atoms with Crippen LogP contribution in [0, 0.1) is 11.8 Å². The lowest BCUT2D eigenvalue weighted by atomic mass is 9.96. The minimum Gasteiger partial charge on any atom is -0.330 e. The summed E-state index contributed by atoms with van der Waals surface area (Å²) in [7, 11) is 0. The fourth-order valence-corrected chi connectivity index (χ4v) is 1.88. The number of halogens is 1. The third-order valence-corrected chi connectivity index (χ3v) is 2.74. The second-order valence-electron chi connectivity index (χ2n) is 4.56. The molecule has 17 heavy (non-hydrogen) atoms. The lowest BCUT2D eigenvalue weighted by Crippen LogP contribution is -2.30. The zero-order chi connectivity index (χ0) is 12.8. The minimum atomic E-state index is -0.144. The van der Waals surface area contributed by atoms with Crippen molar-refractivity contribution in [1.29, 1.82) is 0 Å². The van der Waals surface area contributed by atoms with Crippen LogP contribution in [0.25, 0.3) is 0 Å². The summed E-state index contributed by atoms with van der Waals surface area (Å²) in [6, 6.07) is 7.11. The Morgan fingerprint density at radius 3 is 2.71 bits per heavy atom. The number of hydrogen-bond donors (Lipinski definition) is 2. The molecule has 94 valence electrons. The molecule has 0 bridgehead atoms. The summed E-state index contributed by atoms with van der Waals surface area (Å²) in [4.78, 5) is 12.0. The van der Waals surface area contributed by atoms with Gasteiger partial charge >= 0.3 is 0 Å². The Labute approximate surface area is 107 Å². The average molecular weight is 255 g/mol. The number of amides is 1. The van der Waals surface area contributed by atoms with Gasteiger partial charge in [0.15, 0.2) is 0 Å². The Kier molecular flexibility index (Phi) is 5.45. The first-order valence-electron chi connectivity index (χ1n) is 5.79. The van der Waals surface area contributed by atoms with Crippen LogP contribution in [0.3, 0.4) is 0 Å². The van der Waals surface area contributed by atoms with Gasteiger partial charge in [0.1, 0.15) is 0 Å². The van der Waals surface area contributed by atoms with Crippen molar-refractivity contribution in [2.75, 3.05) is 11.9 Å². The van der Waals surface area contributed by atoms with Gasteiger partial charge in [-0.15, -0.1) is 0 Å². The molecule has 0 aliphatic carbocycles. The SMILES string of the molecule is CC(C)CC(CN)C(=O)Nc1cccc(Cl)c1. The summed E-state index contributed by atoms with van der Waals surface area (Å²) in [5, 5.41) is 3.44. The molecule has 0 saturated carbocycles. The van der Waals surface area contributed by atoms with E-state index in [1.165, 1.54) is 0 Å². The molecule has 0 saturated heterocycles. The quantitative estimate of drug-likeness (QED) is 0.849. The highest BCUT2D eigenvalue weighted by Gasteiger charge is 2.18. The standard InChI is InChI=1S/C13H19ClN2O/c1-9(2)6-10(8-15)13(17)16-12-5-3-4-11(14)7-12/h3-5,7,9-10H,6,8,15H2,1-2H3,(H,16,17). The molecule has 3 N–H and O–H groups in total. The molecule has 0 aliphatic rings. The number of nitrogens with one attached hydrogen (secondary N) is 1. The van der Waals surface area contributed by atoms with Gasteiger partial charge in [0.25, 0.3) is 0 Å². The van der Waals surface area contributed by atoms with Crippen LogP contribution in [-0.2, 0) is 4.79 Å².